The van der Waals surface area contributed by atoms with Crippen LogP contribution in [0.4, 0.5) is 0 Å². The maximum Gasteiger partial charge on any atom is 0.132 e. The zero-order valence-corrected chi connectivity index (χ0v) is 10.1. The van der Waals surface area contributed by atoms with Crippen molar-refractivity contribution in [3.63, 3.8) is 0 Å². The standard InChI is InChI=1S/C12H18O2Si/c13-10-15(11-6-2-1-3-7-11)12-8-4-5-9-14-12/h1-3,6-7,12-13,15H,4-5,8-10H2. The fraction of sp³-hybridized carbons (Fsp3) is 0.500. The Kier molecular flexibility index (Phi) is 3.94. The van der Waals surface area contributed by atoms with E-state index in [1.807, 2.05) is 18.2 Å². The fourth-order valence-corrected chi connectivity index (χ4v) is 4.82. The largest absolute Gasteiger partial charge is 0.399 e. The number of aliphatic hydroxyl groups is 1. The van der Waals surface area contributed by atoms with Crippen LogP contribution in [0.25, 0.3) is 0 Å². The van der Waals surface area contributed by atoms with Gasteiger partial charge in [0.2, 0.25) is 0 Å². The van der Waals surface area contributed by atoms with Crippen molar-refractivity contribution in [2.75, 3.05) is 12.8 Å². The molecule has 0 aromatic heterocycles. The molecule has 1 aliphatic rings. The minimum Gasteiger partial charge on any atom is -0.399 e. The molecule has 1 saturated heterocycles. The summed E-state index contributed by atoms with van der Waals surface area (Å²) in [6.45, 7) is 0.876. The predicted octanol–water partition coefficient (Wildman–Crippen LogP) is 0.760. The Morgan fingerprint density at radius 1 is 1.27 bits per heavy atom. The smallest absolute Gasteiger partial charge is 0.132 e. The van der Waals surface area contributed by atoms with Crippen LogP contribution < -0.4 is 5.19 Å². The number of benzene rings is 1. The van der Waals surface area contributed by atoms with Crippen LogP contribution in [0.3, 0.4) is 0 Å². The number of aliphatic hydroxyl groups excluding tert-OH is 1. The molecular weight excluding hydrogens is 204 g/mol. The predicted molar refractivity (Wildman–Crippen MR) is 63.9 cm³/mol. The van der Waals surface area contributed by atoms with Crippen molar-refractivity contribution in [2.45, 2.75) is 25.0 Å². The topological polar surface area (TPSA) is 29.5 Å². The molecule has 15 heavy (non-hydrogen) atoms. The van der Waals surface area contributed by atoms with Crippen LogP contribution in [0.1, 0.15) is 19.3 Å². The van der Waals surface area contributed by atoms with E-state index in [0.717, 1.165) is 13.0 Å². The first kappa shape index (κ1) is 10.9. The Labute approximate surface area is 92.5 Å². The van der Waals surface area contributed by atoms with Crippen molar-refractivity contribution in [3.05, 3.63) is 30.3 Å². The molecule has 1 aromatic rings. The van der Waals surface area contributed by atoms with Crippen LogP contribution in [0.15, 0.2) is 30.3 Å². The summed E-state index contributed by atoms with van der Waals surface area (Å²) in [5, 5.41) is 10.8. The normalized spacial score (nSPS) is 23.7. The summed E-state index contributed by atoms with van der Waals surface area (Å²) in [6.07, 6.45) is 3.87. The summed E-state index contributed by atoms with van der Waals surface area (Å²) in [6, 6.07) is 10.4. The molecule has 1 N–H and O–H groups in total. The number of rotatable bonds is 3. The average Bonchev–Trinajstić information content (AvgIpc) is 2.33. The van der Waals surface area contributed by atoms with E-state index in [0.29, 0.717) is 12.0 Å². The van der Waals surface area contributed by atoms with E-state index in [1.165, 1.54) is 18.0 Å². The first-order chi connectivity index (χ1) is 7.42. The Balaban J connectivity index is 2.09. The van der Waals surface area contributed by atoms with Gasteiger partial charge in [0.1, 0.15) is 8.80 Å². The van der Waals surface area contributed by atoms with E-state index in [4.69, 9.17) is 4.74 Å². The summed E-state index contributed by atoms with van der Waals surface area (Å²) in [7, 11) is -1.32. The number of hydrogen-bond acceptors (Lipinski definition) is 2. The van der Waals surface area contributed by atoms with Gasteiger partial charge < -0.3 is 9.84 Å². The highest BCUT2D eigenvalue weighted by molar-refractivity contribution is 6.74. The zero-order valence-electron chi connectivity index (χ0n) is 8.93. The molecule has 0 radical (unpaired) electrons. The zero-order chi connectivity index (χ0) is 10.5. The molecule has 1 heterocycles. The van der Waals surface area contributed by atoms with Gasteiger partial charge in [0, 0.05) is 12.8 Å². The Hall–Kier alpha value is -0.643. The third kappa shape index (κ3) is 2.68. The Morgan fingerprint density at radius 2 is 2.07 bits per heavy atom. The first-order valence-electron chi connectivity index (χ1n) is 5.69. The van der Waals surface area contributed by atoms with E-state index in [1.54, 1.807) is 0 Å². The summed E-state index contributed by atoms with van der Waals surface area (Å²) in [4.78, 5) is 0. The van der Waals surface area contributed by atoms with E-state index in [2.05, 4.69) is 12.1 Å². The highest BCUT2D eigenvalue weighted by Crippen LogP contribution is 2.15. The molecule has 2 atom stereocenters. The van der Waals surface area contributed by atoms with Crippen LogP contribution in [-0.4, -0.2) is 32.5 Å². The van der Waals surface area contributed by atoms with Gasteiger partial charge in [0.25, 0.3) is 0 Å². The minimum atomic E-state index is -1.32. The van der Waals surface area contributed by atoms with Crippen LogP contribution in [0.5, 0.6) is 0 Å². The molecule has 82 valence electrons. The molecule has 0 bridgehead atoms. The Morgan fingerprint density at radius 3 is 2.67 bits per heavy atom. The van der Waals surface area contributed by atoms with Gasteiger partial charge in [-0.3, -0.25) is 0 Å². The molecular formula is C12H18O2Si. The quantitative estimate of drug-likeness (QED) is 0.765. The van der Waals surface area contributed by atoms with E-state index in [9.17, 15) is 5.11 Å². The van der Waals surface area contributed by atoms with Crippen LogP contribution in [-0.2, 0) is 4.74 Å². The van der Waals surface area contributed by atoms with Crippen molar-refractivity contribution in [1.29, 1.82) is 0 Å². The third-order valence-electron chi connectivity index (χ3n) is 3.09. The van der Waals surface area contributed by atoms with Gasteiger partial charge in [-0.05, 0) is 19.3 Å². The van der Waals surface area contributed by atoms with E-state index >= 15 is 0 Å². The van der Waals surface area contributed by atoms with Crippen molar-refractivity contribution >= 4 is 14.0 Å². The molecule has 0 amide bonds. The molecule has 3 heteroatoms. The van der Waals surface area contributed by atoms with Crippen molar-refractivity contribution in [3.8, 4) is 0 Å². The maximum atomic E-state index is 9.51. The van der Waals surface area contributed by atoms with Crippen molar-refractivity contribution in [1.82, 2.24) is 0 Å². The van der Waals surface area contributed by atoms with Crippen LogP contribution in [0.2, 0.25) is 0 Å². The lowest BCUT2D eigenvalue weighted by Crippen LogP contribution is -2.48. The van der Waals surface area contributed by atoms with E-state index < -0.39 is 8.80 Å². The lowest BCUT2D eigenvalue weighted by atomic mass is 10.2. The number of hydrogen-bond donors (Lipinski definition) is 1. The molecule has 1 aliphatic heterocycles. The fourth-order valence-electron chi connectivity index (χ4n) is 2.22. The second-order valence-corrected chi connectivity index (χ2v) is 7.09. The van der Waals surface area contributed by atoms with Crippen LogP contribution in [0, 0.1) is 0 Å². The molecule has 0 spiro atoms. The monoisotopic (exact) mass is 222 g/mol. The van der Waals surface area contributed by atoms with Gasteiger partial charge in [0.15, 0.2) is 0 Å². The van der Waals surface area contributed by atoms with Crippen molar-refractivity contribution in [2.24, 2.45) is 0 Å². The first-order valence-corrected chi connectivity index (χ1v) is 7.75. The molecule has 2 rings (SSSR count). The van der Waals surface area contributed by atoms with Crippen LogP contribution >= 0.6 is 0 Å². The molecule has 2 unspecified atom stereocenters. The van der Waals surface area contributed by atoms with Gasteiger partial charge >= 0.3 is 0 Å². The highest BCUT2D eigenvalue weighted by atomic mass is 28.3. The highest BCUT2D eigenvalue weighted by Gasteiger charge is 2.26. The summed E-state index contributed by atoms with van der Waals surface area (Å²) in [5.41, 5.74) is 0.339. The lowest BCUT2D eigenvalue weighted by Gasteiger charge is -2.28. The van der Waals surface area contributed by atoms with Gasteiger partial charge in [0.05, 0.1) is 5.73 Å². The SMILES string of the molecule is OC[SiH](c1ccccc1)C1CCCCO1. The molecule has 2 nitrogen and oxygen atoms in total. The second-order valence-electron chi connectivity index (χ2n) is 4.10. The molecule has 1 fully saturated rings. The maximum absolute atomic E-state index is 9.51. The van der Waals surface area contributed by atoms with E-state index in [-0.39, 0.29) is 0 Å². The molecule has 1 aromatic carbocycles. The van der Waals surface area contributed by atoms with Gasteiger partial charge in [-0.1, -0.05) is 35.5 Å². The average molecular weight is 222 g/mol. The Bertz CT molecular complexity index is 283. The summed E-state index contributed by atoms with van der Waals surface area (Å²) < 4.78 is 5.79. The van der Waals surface area contributed by atoms with Gasteiger partial charge in [-0.25, -0.2) is 0 Å². The van der Waals surface area contributed by atoms with Gasteiger partial charge in [-0.2, -0.15) is 0 Å². The molecule has 0 saturated carbocycles. The summed E-state index contributed by atoms with van der Waals surface area (Å²) >= 11 is 0. The lowest BCUT2D eigenvalue weighted by molar-refractivity contribution is 0.0615. The van der Waals surface area contributed by atoms with Crippen molar-refractivity contribution < 1.29 is 9.84 Å². The third-order valence-corrected chi connectivity index (χ3v) is 6.15. The molecule has 0 aliphatic carbocycles. The minimum absolute atomic E-state index is 0.314. The number of ether oxygens (including phenoxy) is 1. The summed E-state index contributed by atoms with van der Waals surface area (Å²) in [5.74, 6) is 0. The second kappa shape index (κ2) is 5.44. The van der Waals surface area contributed by atoms with Gasteiger partial charge in [-0.15, -0.1) is 0 Å².